The molecule has 0 unspecified atom stereocenters. The van der Waals surface area contributed by atoms with Crippen LogP contribution in [-0.2, 0) is 24.6 Å². The van der Waals surface area contributed by atoms with Crippen molar-refractivity contribution in [1.82, 2.24) is 10.3 Å². The first kappa shape index (κ1) is 24.6. The molecule has 2 rings (SSSR count). The summed E-state index contributed by atoms with van der Waals surface area (Å²) in [5.74, 6) is 0.141. The number of halogens is 3. The molecule has 1 amide bonds. The first-order valence-corrected chi connectivity index (χ1v) is 11.0. The van der Waals surface area contributed by atoms with E-state index in [0.29, 0.717) is 17.7 Å². The van der Waals surface area contributed by atoms with Crippen LogP contribution in [-0.4, -0.2) is 37.0 Å². The Labute approximate surface area is 177 Å². The van der Waals surface area contributed by atoms with Crippen molar-refractivity contribution in [2.24, 2.45) is 0 Å². The standard InChI is InChI=1S/C19H22F3N2O6P/c1-3-28-31(26,29-4-2)13-24-17(25)12-27-15-6-8-16(9-7-15)30-18-10-5-14(11-23-18)19(20,21)22/h5-11H,3-4,12-13H2,1-2H3,(H,24,25). The highest BCUT2D eigenvalue weighted by Crippen LogP contribution is 2.46. The summed E-state index contributed by atoms with van der Waals surface area (Å²) in [6, 6.07) is 8.01. The van der Waals surface area contributed by atoms with Crippen molar-refractivity contribution in [2.75, 3.05) is 26.1 Å². The number of hydrogen-bond donors (Lipinski definition) is 1. The second-order valence-electron chi connectivity index (χ2n) is 5.95. The fourth-order valence-corrected chi connectivity index (χ4v) is 3.65. The van der Waals surface area contributed by atoms with Crippen LogP contribution < -0.4 is 14.8 Å². The van der Waals surface area contributed by atoms with E-state index in [-0.39, 0.29) is 32.0 Å². The molecule has 0 fully saturated rings. The predicted octanol–water partition coefficient (Wildman–Crippen LogP) is 4.61. The highest BCUT2D eigenvalue weighted by molar-refractivity contribution is 7.53. The Morgan fingerprint density at radius 3 is 2.16 bits per heavy atom. The van der Waals surface area contributed by atoms with Crippen molar-refractivity contribution in [1.29, 1.82) is 0 Å². The van der Waals surface area contributed by atoms with Crippen molar-refractivity contribution in [3.8, 4) is 17.4 Å². The molecular formula is C19H22F3N2O6P. The van der Waals surface area contributed by atoms with E-state index in [1.54, 1.807) is 13.8 Å². The number of nitrogens with one attached hydrogen (secondary N) is 1. The van der Waals surface area contributed by atoms with Gasteiger partial charge in [-0.25, -0.2) is 4.98 Å². The molecule has 0 atom stereocenters. The third-order valence-electron chi connectivity index (χ3n) is 3.60. The lowest BCUT2D eigenvalue weighted by Crippen LogP contribution is -2.30. The van der Waals surface area contributed by atoms with Crippen molar-refractivity contribution < 1.29 is 41.1 Å². The summed E-state index contributed by atoms with van der Waals surface area (Å²) in [5.41, 5.74) is -0.874. The molecule has 0 aliphatic carbocycles. The first-order valence-electron chi connectivity index (χ1n) is 9.24. The number of hydrogen-bond acceptors (Lipinski definition) is 7. The fourth-order valence-electron chi connectivity index (χ4n) is 2.24. The number of aromatic nitrogens is 1. The van der Waals surface area contributed by atoms with Gasteiger partial charge in [-0.15, -0.1) is 0 Å². The monoisotopic (exact) mass is 462 g/mol. The Kier molecular flexibility index (Phi) is 8.85. The van der Waals surface area contributed by atoms with E-state index in [1.165, 1.54) is 24.3 Å². The van der Waals surface area contributed by atoms with Gasteiger partial charge >= 0.3 is 13.8 Å². The summed E-state index contributed by atoms with van der Waals surface area (Å²) in [6.07, 6.45) is -4.06. The van der Waals surface area contributed by atoms with Crippen LogP contribution in [0.5, 0.6) is 17.4 Å². The van der Waals surface area contributed by atoms with Gasteiger partial charge in [-0.05, 0) is 44.2 Å². The molecule has 1 aromatic carbocycles. The topological polar surface area (TPSA) is 96.0 Å². The van der Waals surface area contributed by atoms with Gasteiger partial charge in [0.15, 0.2) is 6.61 Å². The molecule has 0 aliphatic rings. The molecule has 2 aromatic rings. The van der Waals surface area contributed by atoms with Crippen LogP contribution in [0, 0.1) is 0 Å². The quantitative estimate of drug-likeness (QED) is 0.487. The van der Waals surface area contributed by atoms with Crippen LogP contribution >= 0.6 is 7.60 Å². The number of pyridine rings is 1. The highest BCUT2D eigenvalue weighted by atomic mass is 31.2. The second kappa shape index (κ2) is 11.1. The molecule has 12 heteroatoms. The van der Waals surface area contributed by atoms with E-state index < -0.39 is 25.2 Å². The SMILES string of the molecule is CCOP(=O)(CNC(=O)COc1ccc(Oc2ccc(C(F)(F)F)cn2)cc1)OCC. The Morgan fingerprint density at radius 2 is 1.65 bits per heavy atom. The molecule has 0 saturated carbocycles. The largest absolute Gasteiger partial charge is 0.484 e. The van der Waals surface area contributed by atoms with E-state index in [0.717, 1.165) is 12.1 Å². The molecule has 0 bridgehead atoms. The van der Waals surface area contributed by atoms with Gasteiger partial charge in [-0.3, -0.25) is 9.36 Å². The third-order valence-corrected chi connectivity index (χ3v) is 5.45. The lowest BCUT2D eigenvalue weighted by atomic mass is 10.3. The molecule has 0 radical (unpaired) electrons. The summed E-state index contributed by atoms with van der Waals surface area (Å²) in [4.78, 5) is 15.5. The minimum atomic E-state index is -4.47. The van der Waals surface area contributed by atoms with E-state index >= 15 is 0 Å². The number of amides is 1. The van der Waals surface area contributed by atoms with Gasteiger partial charge in [0.05, 0.1) is 18.8 Å². The van der Waals surface area contributed by atoms with Crippen molar-refractivity contribution in [3.05, 3.63) is 48.2 Å². The van der Waals surface area contributed by atoms with Crippen LogP contribution in [0.15, 0.2) is 42.6 Å². The average molecular weight is 462 g/mol. The van der Waals surface area contributed by atoms with Gasteiger partial charge in [0.2, 0.25) is 5.88 Å². The van der Waals surface area contributed by atoms with E-state index in [2.05, 4.69) is 10.3 Å². The summed E-state index contributed by atoms with van der Waals surface area (Å²) in [6.45, 7) is 3.36. The van der Waals surface area contributed by atoms with Crippen molar-refractivity contribution in [3.63, 3.8) is 0 Å². The maximum absolute atomic E-state index is 12.5. The fraction of sp³-hybridized carbons (Fsp3) is 0.368. The molecule has 0 aliphatic heterocycles. The van der Waals surface area contributed by atoms with E-state index in [4.69, 9.17) is 18.5 Å². The molecule has 1 heterocycles. The molecule has 0 saturated heterocycles. The minimum Gasteiger partial charge on any atom is -0.484 e. The zero-order valence-corrected chi connectivity index (χ0v) is 17.7. The number of rotatable bonds is 11. The molecule has 1 aromatic heterocycles. The Hall–Kier alpha value is -2.62. The summed E-state index contributed by atoms with van der Waals surface area (Å²) in [7, 11) is -3.39. The highest BCUT2D eigenvalue weighted by Gasteiger charge is 2.30. The number of carbonyl (C=O) groups is 1. The zero-order chi connectivity index (χ0) is 22.9. The van der Waals surface area contributed by atoms with Crippen LogP contribution in [0.3, 0.4) is 0 Å². The molecule has 31 heavy (non-hydrogen) atoms. The van der Waals surface area contributed by atoms with Crippen LogP contribution in [0.1, 0.15) is 19.4 Å². The van der Waals surface area contributed by atoms with Gasteiger partial charge in [-0.2, -0.15) is 13.2 Å². The second-order valence-corrected chi connectivity index (χ2v) is 8.00. The first-order chi connectivity index (χ1) is 14.6. The molecule has 170 valence electrons. The average Bonchev–Trinajstić information content (AvgIpc) is 2.72. The summed E-state index contributed by atoms with van der Waals surface area (Å²) < 4.78 is 70.8. The number of nitrogens with zero attached hydrogens (tertiary/aromatic N) is 1. The van der Waals surface area contributed by atoms with Crippen LogP contribution in [0.2, 0.25) is 0 Å². The number of benzene rings is 1. The lowest BCUT2D eigenvalue weighted by Gasteiger charge is -2.17. The Bertz CT molecular complexity index is 881. The molecule has 0 spiro atoms. The van der Waals surface area contributed by atoms with Gasteiger partial charge in [-0.1, -0.05) is 0 Å². The zero-order valence-electron chi connectivity index (χ0n) is 16.8. The molecule has 1 N–H and O–H groups in total. The van der Waals surface area contributed by atoms with Crippen molar-refractivity contribution >= 4 is 13.5 Å². The summed E-state index contributed by atoms with van der Waals surface area (Å²) >= 11 is 0. The smallest absolute Gasteiger partial charge is 0.417 e. The predicted molar refractivity (Wildman–Crippen MR) is 105 cm³/mol. The number of carbonyl (C=O) groups excluding carboxylic acids is 1. The lowest BCUT2D eigenvalue weighted by molar-refractivity contribution is -0.137. The summed E-state index contributed by atoms with van der Waals surface area (Å²) in [5, 5.41) is 2.43. The van der Waals surface area contributed by atoms with Crippen LogP contribution in [0.4, 0.5) is 13.2 Å². The normalized spacial score (nSPS) is 11.8. The molecular weight excluding hydrogens is 440 g/mol. The van der Waals surface area contributed by atoms with Crippen molar-refractivity contribution in [2.45, 2.75) is 20.0 Å². The molecule has 8 nitrogen and oxygen atoms in total. The van der Waals surface area contributed by atoms with Crippen LogP contribution in [0.25, 0.3) is 0 Å². The maximum atomic E-state index is 12.5. The van der Waals surface area contributed by atoms with E-state index in [1.807, 2.05) is 0 Å². The Balaban J connectivity index is 1.83. The Morgan fingerprint density at radius 1 is 1.03 bits per heavy atom. The number of ether oxygens (including phenoxy) is 2. The third kappa shape index (κ3) is 8.20. The minimum absolute atomic E-state index is 0.00549. The van der Waals surface area contributed by atoms with Gasteiger partial charge in [0, 0.05) is 12.3 Å². The van der Waals surface area contributed by atoms with Gasteiger partial charge in [0.25, 0.3) is 5.91 Å². The maximum Gasteiger partial charge on any atom is 0.417 e. The van der Waals surface area contributed by atoms with Gasteiger partial charge < -0.3 is 23.8 Å². The number of alkyl halides is 3. The van der Waals surface area contributed by atoms with Gasteiger partial charge in [0.1, 0.15) is 17.8 Å². The van der Waals surface area contributed by atoms with E-state index in [9.17, 15) is 22.5 Å².